The molecule has 1 aliphatic carbocycles. The first kappa shape index (κ1) is 13.9. The molecule has 0 spiro atoms. The van der Waals surface area contributed by atoms with Crippen LogP contribution in [0.4, 0.5) is 0 Å². The second-order valence-corrected chi connectivity index (χ2v) is 5.32. The number of hydrogen-bond acceptors (Lipinski definition) is 2. The Morgan fingerprint density at radius 3 is 2.47 bits per heavy atom. The molecule has 1 N–H and O–H groups in total. The Labute approximate surface area is 114 Å². The van der Waals surface area contributed by atoms with Crippen LogP contribution in [0.25, 0.3) is 0 Å². The number of ether oxygens (including phenoxy) is 1. The molecular weight excluding hydrogens is 240 g/mol. The lowest BCUT2D eigenvalue weighted by atomic mass is 9.86. The first-order chi connectivity index (χ1) is 9.25. The van der Waals surface area contributed by atoms with Gasteiger partial charge in [0.1, 0.15) is 5.75 Å². The number of carbonyl (C=O) groups is 1. The second-order valence-electron chi connectivity index (χ2n) is 5.32. The van der Waals surface area contributed by atoms with Crippen molar-refractivity contribution < 1.29 is 14.6 Å². The van der Waals surface area contributed by atoms with Gasteiger partial charge in [0.25, 0.3) is 0 Å². The normalized spacial score (nSPS) is 16.2. The molecule has 1 aromatic carbocycles. The fourth-order valence-electron chi connectivity index (χ4n) is 2.73. The number of benzene rings is 1. The molecule has 0 amide bonds. The Kier molecular flexibility index (Phi) is 5.25. The van der Waals surface area contributed by atoms with Gasteiger partial charge in [-0.3, -0.25) is 0 Å². The van der Waals surface area contributed by atoms with E-state index in [0.717, 1.165) is 24.7 Å². The molecule has 1 saturated carbocycles. The molecule has 0 aromatic heterocycles. The minimum Gasteiger partial charge on any atom is -0.494 e. The quantitative estimate of drug-likeness (QED) is 0.784. The van der Waals surface area contributed by atoms with Gasteiger partial charge in [0, 0.05) is 0 Å². The van der Waals surface area contributed by atoms with Crippen molar-refractivity contribution in [2.45, 2.75) is 44.9 Å². The minimum atomic E-state index is -0.899. The van der Waals surface area contributed by atoms with Crippen LogP contribution in [0.2, 0.25) is 0 Å². The van der Waals surface area contributed by atoms with Crippen LogP contribution < -0.4 is 4.74 Å². The molecule has 104 valence electrons. The number of carboxylic acids is 1. The van der Waals surface area contributed by atoms with E-state index in [0.29, 0.717) is 5.56 Å². The summed E-state index contributed by atoms with van der Waals surface area (Å²) >= 11 is 0. The molecular formula is C16H22O3. The maximum Gasteiger partial charge on any atom is 0.335 e. The second kappa shape index (κ2) is 7.17. The largest absolute Gasteiger partial charge is 0.494 e. The number of hydrogen-bond donors (Lipinski definition) is 1. The van der Waals surface area contributed by atoms with E-state index in [4.69, 9.17) is 9.84 Å². The highest BCUT2D eigenvalue weighted by molar-refractivity contribution is 5.87. The topological polar surface area (TPSA) is 46.5 Å². The Balaban J connectivity index is 1.66. The monoisotopic (exact) mass is 262 g/mol. The average molecular weight is 262 g/mol. The van der Waals surface area contributed by atoms with Crippen molar-refractivity contribution in [3.05, 3.63) is 29.8 Å². The van der Waals surface area contributed by atoms with E-state index in [1.165, 1.54) is 38.5 Å². The molecule has 0 aliphatic heterocycles. The summed E-state index contributed by atoms with van der Waals surface area (Å²) in [7, 11) is 0. The zero-order valence-corrected chi connectivity index (χ0v) is 11.3. The average Bonchev–Trinajstić information content (AvgIpc) is 2.45. The highest BCUT2D eigenvalue weighted by Crippen LogP contribution is 2.27. The summed E-state index contributed by atoms with van der Waals surface area (Å²) < 4.78 is 5.64. The lowest BCUT2D eigenvalue weighted by molar-refractivity contribution is 0.0697. The summed E-state index contributed by atoms with van der Waals surface area (Å²) in [5.74, 6) is 0.754. The van der Waals surface area contributed by atoms with Crippen LogP contribution in [-0.4, -0.2) is 17.7 Å². The Hall–Kier alpha value is -1.51. The molecule has 0 bridgehead atoms. The van der Waals surface area contributed by atoms with Gasteiger partial charge in [-0.25, -0.2) is 4.79 Å². The van der Waals surface area contributed by atoms with Crippen LogP contribution in [-0.2, 0) is 0 Å². The van der Waals surface area contributed by atoms with Crippen molar-refractivity contribution >= 4 is 5.97 Å². The van der Waals surface area contributed by atoms with Gasteiger partial charge in [-0.2, -0.15) is 0 Å². The van der Waals surface area contributed by atoms with Gasteiger partial charge in [-0.15, -0.1) is 0 Å². The zero-order chi connectivity index (χ0) is 13.5. The van der Waals surface area contributed by atoms with Gasteiger partial charge < -0.3 is 9.84 Å². The van der Waals surface area contributed by atoms with Crippen LogP contribution in [0, 0.1) is 5.92 Å². The van der Waals surface area contributed by atoms with Crippen molar-refractivity contribution in [2.24, 2.45) is 5.92 Å². The smallest absolute Gasteiger partial charge is 0.335 e. The lowest BCUT2D eigenvalue weighted by Gasteiger charge is -2.21. The van der Waals surface area contributed by atoms with Gasteiger partial charge >= 0.3 is 5.97 Å². The maximum atomic E-state index is 10.7. The Morgan fingerprint density at radius 2 is 1.84 bits per heavy atom. The van der Waals surface area contributed by atoms with Crippen molar-refractivity contribution in [3.8, 4) is 5.75 Å². The molecule has 0 heterocycles. The van der Waals surface area contributed by atoms with Gasteiger partial charge in [0.2, 0.25) is 0 Å². The van der Waals surface area contributed by atoms with Gasteiger partial charge in [-0.05, 0) is 43.0 Å². The van der Waals surface area contributed by atoms with Crippen molar-refractivity contribution in [3.63, 3.8) is 0 Å². The Bertz CT molecular complexity index is 391. The third-order valence-electron chi connectivity index (χ3n) is 3.85. The van der Waals surface area contributed by atoms with Gasteiger partial charge in [0.15, 0.2) is 0 Å². The molecule has 0 unspecified atom stereocenters. The molecule has 3 nitrogen and oxygen atoms in total. The number of carboxylic acid groups (broad SMARTS) is 1. The fraction of sp³-hybridized carbons (Fsp3) is 0.562. The van der Waals surface area contributed by atoms with Crippen LogP contribution in [0.5, 0.6) is 5.75 Å². The van der Waals surface area contributed by atoms with Crippen LogP contribution in [0.1, 0.15) is 55.3 Å². The summed E-state index contributed by atoms with van der Waals surface area (Å²) in [5.41, 5.74) is 0.301. The van der Waals surface area contributed by atoms with Crippen LogP contribution >= 0.6 is 0 Å². The Morgan fingerprint density at radius 1 is 1.16 bits per heavy atom. The highest BCUT2D eigenvalue weighted by atomic mass is 16.5. The summed E-state index contributed by atoms with van der Waals surface area (Å²) in [6.45, 7) is 0.725. The van der Waals surface area contributed by atoms with Crippen LogP contribution in [0.3, 0.4) is 0 Å². The van der Waals surface area contributed by atoms with Crippen molar-refractivity contribution in [1.29, 1.82) is 0 Å². The summed E-state index contributed by atoms with van der Waals surface area (Å²) in [5, 5.41) is 8.79. The van der Waals surface area contributed by atoms with E-state index in [2.05, 4.69) is 0 Å². The third kappa shape index (κ3) is 4.58. The molecule has 19 heavy (non-hydrogen) atoms. The SMILES string of the molecule is O=C(O)c1ccc(OCCCC2CCCCC2)cc1. The zero-order valence-electron chi connectivity index (χ0n) is 11.3. The molecule has 0 radical (unpaired) electrons. The first-order valence-corrected chi connectivity index (χ1v) is 7.22. The van der Waals surface area contributed by atoms with Gasteiger partial charge in [-0.1, -0.05) is 32.1 Å². The predicted octanol–water partition coefficient (Wildman–Crippen LogP) is 4.12. The molecule has 0 atom stereocenters. The number of rotatable bonds is 6. The van der Waals surface area contributed by atoms with Gasteiger partial charge in [0.05, 0.1) is 12.2 Å². The molecule has 1 fully saturated rings. The summed E-state index contributed by atoms with van der Waals surface area (Å²) in [6, 6.07) is 6.62. The van der Waals surface area contributed by atoms with E-state index in [1.54, 1.807) is 24.3 Å². The number of aromatic carboxylic acids is 1. The van der Waals surface area contributed by atoms with E-state index in [9.17, 15) is 4.79 Å². The highest BCUT2D eigenvalue weighted by Gasteiger charge is 2.12. The molecule has 1 aromatic rings. The summed E-state index contributed by atoms with van der Waals surface area (Å²) in [4.78, 5) is 10.7. The lowest BCUT2D eigenvalue weighted by Crippen LogP contribution is -2.08. The fourth-order valence-corrected chi connectivity index (χ4v) is 2.73. The van der Waals surface area contributed by atoms with Crippen molar-refractivity contribution in [1.82, 2.24) is 0 Å². The van der Waals surface area contributed by atoms with E-state index < -0.39 is 5.97 Å². The first-order valence-electron chi connectivity index (χ1n) is 7.22. The predicted molar refractivity (Wildman–Crippen MR) is 74.7 cm³/mol. The summed E-state index contributed by atoms with van der Waals surface area (Å²) in [6.07, 6.45) is 9.30. The van der Waals surface area contributed by atoms with E-state index in [-0.39, 0.29) is 0 Å². The molecule has 1 aliphatic rings. The van der Waals surface area contributed by atoms with Crippen molar-refractivity contribution in [2.75, 3.05) is 6.61 Å². The molecule has 3 heteroatoms. The minimum absolute atomic E-state index is 0.301. The van der Waals surface area contributed by atoms with E-state index in [1.807, 2.05) is 0 Å². The van der Waals surface area contributed by atoms with E-state index >= 15 is 0 Å². The maximum absolute atomic E-state index is 10.7. The molecule has 2 rings (SSSR count). The standard InChI is InChI=1S/C16H22O3/c17-16(18)14-8-10-15(11-9-14)19-12-4-7-13-5-2-1-3-6-13/h8-11,13H,1-7,12H2,(H,17,18). The third-order valence-corrected chi connectivity index (χ3v) is 3.85. The molecule has 0 saturated heterocycles. The van der Waals surface area contributed by atoms with Crippen LogP contribution in [0.15, 0.2) is 24.3 Å².